The minimum atomic E-state index is -0.243. The molecule has 30 heavy (non-hydrogen) atoms. The number of carbonyl (C=O) groups is 1. The van der Waals surface area contributed by atoms with Gasteiger partial charge in [0.2, 0.25) is 10.3 Å². The number of carbonyl (C=O) groups excluding carboxylic acids is 1. The Morgan fingerprint density at radius 3 is 2.70 bits per heavy atom. The van der Waals surface area contributed by atoms with Crippen LogP contribution in [0.2, 0.25) is 0 Å². The van der Waals surface area contributed by atoms with E-state index < -0.39 is 0 Å². The number of methoxy groups -OCH3 is 1. The van der Waals surface area contributed by atoms with Crippen LogP contribution in [-0.4, -0.2) is 60.5 Å². The smallest absolute Gasteiger partial charge is 0.321 e. The summed E-state index contributed by atoms with van der Waals surface area (Å²) in [7, 11) is 1.53. The third kappa shape index (κ3) is 5.17. The molecule has 0 bridgehead atoms. The topological polar surface area (TPSA) is 82.6 Å². The Hall–Kier alpha value is -2.46. The second-order valence-electron chi connectivity index (χ2n) is 7.69. The maximum absolute atomic E-state index is 14.2. The molecule has 2 amide bonds. The monoisotopic (exact) mass is 434 g/mol. The lowest BCUT2D eigenvalue weighted by Crippen LogP contribution is -2.46. The van der Waals surface area contributed by atoms with Gasteiger partial charge in [-0.3, -0.25) is 10.2 Å². The van der Waals surface area contributed by atoms with Crippen molar-refractivity contribution in [1.29, 1.82) is 0 Å². The predicted octanol–water partition coefficient (Wildman–Crippen LogP) is 3.07. The Kier molecular flexibility index (Phi) is 6.63. The molecule has 2 aromatic rings. The molecule has 2 N–H and O–H groups in total. The molecule has 1 aromatic heterocycles. The minimum absolute atomic E-state index is 0.212. The number of aromatic nitrogens is 2. The van der Waals surface area contributed by atoms with Gasteiger partial charge in [-0.05, 0) is 18.9 Å². The van der Waals surface area contributed by atoms with Crippen molar-refractivity contribution < 1.29 is 13.9 Å². The third-order valence-electron chi connectivity index (χ3n) is 5.62. The van der Waals surface area contributed by atoms with E-state index in [1.165, 1.54) is 37.4 Å². The number of hydrogen-bond acceptors (Lipinski definition) is 7. The van der Waals surface area contributed by atoms with E-state index >= 15 is 0 Å². The van der Waals surface area contributed by atoms with Crippen molar-refractivity contribution in [3.63, 3.8) is 0 Å². The van der Waals surface area contributed by atoms with Gasteiger partial charge in [0.15, 0.2) is 0 Å². The van der Waals surface area contributed by atoms with Crippen LogP contribution in [0.25, 0.3) is 0 Å². The summed E-state index contributed by atoms with van der Waals surface area (Å²) in [5.74, 6) is 0.283. The molecule has 2 fully saturated rings. The zero-order valence-electron chi connectivity index (χ0n) is 17.1. The molecule has 10 heteroatoms. The van der Waals surface area contributed by atoms with Crippen molar-refractivity contribution >= 4 is 27.6 Å². The molecule has 162 valence electrons. The van der Waals surface area contributed by atoms with Crippen molar-refractivity contribution in [3.05, 3.63) is 29.6 Å². The first-order chi connectivity index (χ1) is 14.6. The zero-order chi connectivity index (χ0) is 20.9. The number of piperazine rings is 1. The summed E-state index contributed by atoms with van der Waals surface area (Å²) in [6.45, 7) is 3.72. The number of benzene rings is 1. The van der Waals surface area contributed by atoms with Crippen LogP contribution in [0.15, 0.2) is 18.2 Å². The van der Waals surface area contributed by atoms with Gasteiger partial charge >= 0.3 is 6.03 Å². The van der Waals surface area contributed by atoms with Gasteiger partial charge in [-0.15, -0.1) is 10.2 Å². The second-order valence-corrected chi connectivity index (χ2v) is 8.65. The standard InChI is InChI=1S/C20H27FN6O2S/c1-29-16-7-6-14(17(21)12-16)13-26-8-10-27(11-9-26)20-25-24-19(30-20)23-18(28)22-15-4-2-3-5-15/h6-7,12,15H,2-5,8-11,13H2,1H3,(H2,22,23,24,28). The maximum atomic E-state index is 14.2. The third-order valence-corrected chi connectivity index (χ3v) is 6.52. The van der Waals surface area contributed by atoms with Crippen LogP contribution < -0.4 is 20.3 Å². The SMILES string of the molecule is COc1ccc(CN2CCN(c3nnc(NC(=O)NC4CCCC4)s3)CC2)c(F)c1. The lowest BCUT2D eigenvalue weighted by atomic mass is 10.1. The van der Waals surface area contributed by atoms with Gasteiger partial charge in [0.25, 0.3) is 0 Å². The summed E-state index contributed by atoms with van der Waals surface area (Å²) in [5.41, 5.74) is 0.667. The molecule has 1 aliphatic heterocycles. The van der Waals surface area contributed by atoms with Crippen LogP contribution in [0.3, 0.4) is 0 Å². The first kappa shape index (κ1) is 20.8. The molecule has 1 saturated carbocycles. The number of nitrogens with one attached hydrogen (secondary N) is 2. The molecular weight excluding hydrogens is 407 g/mol. The fraction of sp³-hybridized carbons (Fsp3) is 0.550. The molecule has 2 heterocycles. The van der Waals surface area contributed by atoms with Crippen LogP contribution in [0, 0.1) is 5.82 Å². The number of halogens is 1. The van der Waals surface area contributed by atoms with Crippen molar-refractivity contribution in [3.8, 4) is 5.75 Å². The van der Waals surface area contributed by atoms with Crippen molar-refractivity contribution in [2.75, 3.05) is 43.5 Å². The highest BCUT2D eigenvalue weighted by atomic mass is 32.1. The van der Waals surface area contributed by atoms with Crippen LogP contribution in [0.5, 0.6) is 5.75 Å². The number of ether oxygens (including phenoxy) is 1. The fourth-order valence-corrected chi connectivity index (χ4v) is 4.70. The van der Waals surface area contributed by atoms with E-state index in [1.807, 2.05) is 0 Å². The first-order valence-corrected chi connectivity index (χ1v) is 11.1. The van der Waals surface area contributed by atoms with Crippen LogP contribution in [0.1, 0.15) is 31.2 Å². The Morgan fingerprint density at radius 2 is 2.00 bits per heavy atom. The summed E-state index contributed by atoms with van der Waals surface area (Å²) in [6.07, 6.45) is 4.43. The molecule has 0 spiro atoms. The molecular formula is C20H27FN6O2S. The van der Waals surface area contributed by atoms with Gasteiger partial charge in [-0.1, -0.05) is 30.2 Å². The fourth-order valence-electron chi connectivity index (χ4n) is 3.90. The van der Waals surface area contributed by atoms with E-state index in [4.69, 9.17) is 4.74 Å². The largest absolute Gasteiger partial charge is 0.497 e. The quantitative estimate of drug-likeness (QED) is 0.727. The van der Waals surface area contributed by atoms with E-state index in [1.54, 1.807) is 12.1 Å². The normalized spacial score (nSPS) is 17.9. The highest BCUT2D eigenvalue weighted by Gasteiger charge is 2.22. The van der Waals surface area contributed by atoms with Crippen LogP contribution in [-0.2, 0) is 6.54 Å². The van der Waals surface area contributed by atoms with E-state index in [0.717, 1.165) is 44.2 Å². The number of rotatable bonds is 6. The maximum Gasteiger partial charge on any atom is 0.321 e. The van der Waals surface area contributed by atoms with Gasteiger partial charge in [0, 0.05) is 50.4 Å². The van der Waals surface area contributed by atoms with Gasteiger partial charge in [0.1, 0.15) is 11.6 Å². The lowest BCUT2D eigenvalue weighted by Gasteiger charge is -2.34. The molecule has 0 atom stereocenters. The van der Waals surface area contributed by atoms with E-state index in [-0.39, 0.29) is 17.9 Å². The van der Waals surface area contributed by atoms with Gasteiger partial charge in [-0.25, -0.2) is 9.18 Å². The van der Waals surface area contributed by atoms with E-state index in [2.05, 4.69) is 30.6 Å². The van der Waals surface area contributed by atoms with Gasteiger partial charge in [0.05, 0.1) is 7.11 Å². The van der Waals surface area contributed by atoms with Crippen molar-refractivity contribution in [1.82, 2.24) is 20.4 Å². The number of amides is 2. The van der Waals surface area contributed by atoms with E-state index in [9.17, 15) is 9.18 Å². The molecule has 1 aliphatic carbocycles. The van der Waals surface area contributed by atoms with Crippen LogP contribution >= 0.6 is 11.3 Å². The number of hydrogen-bond donors (Lipinski definition) is 2. The summed E-state index contributed by atoms with van der Waals surface area (Å²) >= 11 is 1.38. The zero-order valence-corrected chi connectivity index (χ0v) is 17.9. The van der Waals surface area contributed by atoms with Gasteiger partial charge in [-0.2, -0.15) is 0 Å². The predicted molar refractivity (Wildman–Crippen MR) is 115 cm³/mol. The minimum Gasteiger partial charge on any atom is -0.497 e. The highest BCUT2D eigenvalue weighted by molar-refractivity contribution is 7.19. The molecule has 1 aromatic carbocycles. The Labute approximate surface area is 179 Å². The van der Waals surface area contributed by atoms with Crippen molar-refractivity contribution in [2.24, 2.45) is 0 Å². The number of nitrogens with zero attached hydrogens (tertiary/aromatic N) is 4. The van der Waals surface area contributed by atoms with E-state index in [0.29, 0.717) is 23.0 Å². The molecule has 4 rings (SSSR count). The Balaban J connectivity index is 1.25. The van der Waals surface area contributed by atoms with Gasteiger partial charge < -0.3 is 15.0 Å². The number of urea groups is 1. The Morgan fingerprint density at radius 1 is 1.23 bits per heavy atom. The molecule has 0 unspecified atom stereocenters. The average molecular weight is 435 g/mol. The Bertz CT molecular complexity index is 865. The molecule has 2 aliphatic rings. The summed E-state index contributed by atoms with van der Waals surface area (Å²) in [4.78, 5) is 16.5. The lowest BCUT2D eigenvalue weighted by molar-refractivity contribution is 0.246. The molecule has 8 nitrogen and oxygen atoms in total. The highest BCUT2D eigenvalue weighted by Crippen LogP contribution is 2.26. The number of anilines is 2. The average Bonchev–Trinajstić information content (AvgIpc) is 3.42. The first-order valence-electron chi connectivity index (χ1n) is 10.3. The summed E-state index contributed by atoms with van der Waals surface area (Å²) in [6, 6.07) is 5.04. The molecule has 1 saturated heterocycles. The van der Waals surface area contributed by atoms with Crippen molar-refractivity contribution in [2.45, 2.75) is 38.3 Å². The molecule has 0 radical (unpaired) electrons. The van der Waals surface area contributed by atoms with Crippen LogP contribution in [0.4, 0.5) is 19.4 Å². The summed E-state index contributed by atoms with van der Waals surface area (Å²) < 4.78 is 19.3. The summed E-state index contributed by atoms with van der Waals surface area (Å²) in [5, 5.41) is 15.4. The second kappa shape index (κ2) is 9.57.